The van der Waals surface area contributed by atoms with Gasteiger partial charge in [-0.2, -0.15) is 9.41 Å². The van der Waals surface area contributed by atoms with Gasteiger partial charge in [0.25, 0.3) is 11.8 Å². The number of amides is 2. The van der Waals surface area contributed by atoms with Gasteiger partial charge in [-0.25, -0.2) is 13.8 Å². The molecule has 2 N–H and O–H groups in total. The second-order valence-corrected chi connectivity index (χ2v) is 12.2. The summed E-state index contributed by atoms with van der Waals surface area (Å²) >= 11 is 3.31. The molecule has 1 aliphatic rings. The number of carbonyl (C=O) groups excluding carboxylic acids is 2. The van der Waals surface area contributed by atoms with Crippen LogP contribution in [0.3, 0.4) is 0 Å². The molecule has 0 spiro atoms. The zero-order chi connectivity index (χ0) is 29.1. The maximum atomic E-state index is 13.4. The van der Waals surface area contributed by atoms with Crippen LogP contribution >= 0.6 is 15.9 Å². The van der Waals surface area contributed by atoms with Gasteiger partial charge < -0.3 is 14.8 Å². The fourth-order valence-electron chi connectivity index (χ4n) is 4.03. The molecule has 0 aliphatic carbocycles. The van der Waals surface area contributed by atoms with Crippen molar-refractivity contribution in [3.05, 3.63) is 94.5 Å². The van der Waals surface area contributed by atoms with Gasteiger partial charge in [0, 0.05) is 24.2 Å². The SMILES string of the molecule is O=C(COc1ccc(/C=N/NC(=O)CN(Cc2ccccc2)S(=O)(=O)c2ccc(Br)cc2)cc1)NC[C@@H]1CCCO1. The van der Waals surface area contributed by atoms with Gasteiger partial charge in [0.05, 0.1) is 23.8 Å². The molecule has 1 aliphatic heterocycles. The van der Waals surface area contributed by atoms with Gasteiger partial charge in [0.2, 0.25) is 10.0 Å². The second kappa shape index (κ2) is 14.9. The standard InChI is InChI=1S/C29H31BrN4O6S/c30-24-10-14-27(15-11-24)41(37,38)34(19-23-5-2-1-3-6-23)20-28(35)33-32-17-22-8-12-25(13-9-22)40-21-29(36)31-18-26-7-4-16-39-26/h1-3,5-6,8-15,17,26H,4,7,16,18-21H2,(H,31,36)(H,33,35)/b32-17+/t26-/m0/s1. The number of nitrogens with one attached hydrogen (secondary N) is 2. The van der Waals surface area contributed by atoms with Crippen LogP contribution in [0.4, 0.5) is 0 Å². The van der Waals surface area contributed by atoms with E-state index in [1.807, 2.05) is 18.2 Å². The van der Waals surface area contributed by atoms with E-state index in [1.54, 1.807) is 48.5 Å². The number of sulfonamides is 1. The molecule has 3 aromatic rings. The predicted molar refractivity (Wildman–Crippen MR) is 158 cm³/mol. The molecule has 2 amide bonds. The molecule has 0 radical (unpaired) electrons. The highest BCUT2D eigenvalue weighted by Gasteiger charge is 2.27. The van der Waals surface area contributed by atoms with E-state index < -0.39 is 22.5 Å². The van der Waals surface area contributed by atoms with Crippen LogP contribution in [0.2, 0.25) is 0 Å². The van der Waals surface area contributed by atoms with Gasteiger partial charge in [0.1, 0.15) is 5.75 Å². The highest BCUT2D eigenvalue weighted by atomic mass is 79.9. The third-order valence-corrected chi connectivity index (χ3v) is 8.51. The van der Waals surface area contributed by atoms with Crippen LogP contribution in [-0.2, 0) is 30.9 Å². The Morgan fingerprint density at radius 2 is 1.76 bits per heavy atom. The lowest BCUT2D eigenvalue weighted by Crippen LogP contribution is -2.39. The number of hydrogen-bond acceptors (Lipinski definition) is 7. The first-order valence-corrected chi connectivity index (χ1v) is 15.3. The highest BCUT2D eigenvalue weighted by Crippen LogP contribution is 2.21. The van der Waals surface area contributed by atoms with Crippen molar-refractivity contribution >= 4 is 44.0 Å². The van der Waals surface area contributed by atoms with Crippen molar-refractivity contribution in [1.29, 1.82) is 0 Å². The van der Waals surface area contributed by atoms with Crippen LogP contribution < -0.4 is 15.5 Å². The van der Waals surface area contributed by atoms with Gasteiger partial charge in [-0.15, -0.1) is 0 Å². The molecule has 4 rings (SSSR count). The van der Waals surface area contributed by atoms with Crippen LogP contribution in [0.15, 0.2) is 93.3 Å². The fraction of sp³-hybridized carbons (Fsp3) is 0.276. The summed E-state index contributed by atoms with van der Waals surface area (Å²) in [7, 11) is -3.96. The largest absolute Gasteiger partial charge is 0.484 e. The quantitative estimate of drug-likeness (QED) is 0.217. The number of carbonyl (C=O) groups is 2. The molecule has 12 heteroatoms. The van der Waals surface area contributed by atoms with E-state index in [1.165, 1.54) is 18.3 Å². The first kappa shape index (κ1) is 30.4. The molecular weight excluding hydrogens is 612 g/mol. The van der Waals surface area contributed by atoms with Crippen molar-refractivity contribution < 1.29 is 27.5 Å². The lowest BCUT2D eigenvalue weighted by molar-refractivity contribution is -0.123. The number of ether oxygens (including phenoxy) is 2. The first-order chi connectivity index (χ1) is 19.8. The topological polar surface area (TPSA) is 126 Å². The summed E-state index contributed by atoms with van der Waals surface area (Å²) in [5.74, 6) is -0.308. The van der Waals surface area contributed by atoms with Crippen LogP contribution in [0.1, 0.15) is 24.0 Å². The van der Waals surface area contributed by atoms with E-state index >= 15 is 0 Å². The molecule has 0 unspecified atom stereocenters. The van der Waals surface area contributed by atoms with Crippen molar-refractivity contribution in [1.82, 2.24) is 15.0 Å². The number of hydrazone groups is 1. The van der Waals surface area contributed by atoms with Crippen molar-refractivity contribution in [2.75, 3.05) is 26.3 Å². The summed E-state index contributed by atoms with van der Waals surface area (Å²) < 4.78 is 39.6. The Kier molecular flexibility index (Phi) is 11.0. The molecule has 1 fully saturated rings. The molecular formula is C29H31BrN4O6S. The molecule has 10 nitrogen and oxygen atoms in total. The van der Waals surface area contributed by atoms with E-state index in [2.05, 4.69) is 31.8 Å². The zero-order valence-electron chi connectivity index (χ0n) is 22.2. The molecule has 0 bridgehead atoms. The molecule has 1 heterocycles. The van der Waals surface area contributed by atoms with Gasteiger partial charge in [0.15, 0.2) is 6.61 Å². The summed E-state index contributed by atoms with van der Waals surface area (Å²) in [5.41, 5.74) is 3.81. The van der Waals surface area contributed by atoms with Crippen molar-refractivity contribution in [2.24, 2.45) is 5.10 Å². The summed E-state index contributed by atoms with van der Waals surface area (Å²) in [5, 5.41) is 6.76. The molecule has 1 saturated heterocycles. The van der Waals surface area contributed by atoms with E-state index in [0.29, 0.717) is 17.9 Å². The molecule has 3 aromatic carbocycles. The van der Waals surface area contributed by atoms with E-state index in [4.69, 9.17) is 9.47 Å². The number of hydrogen-bond donors (Lipinski definition) is 2. The number of rotatable bonds is 13. The monoisotopic (exact) mass is 642 g/mol. The fourth-order valence-corrected chi connectivity index (χ4v) is 5.67. The van der Waals surface area contributed by atoms with E-state index in [9.17, 15) is 18.0 Å². The van der Waals surface area contributed by atoms with Gasteiger partial charge in [-0.05, 0) is 72.5 Å². The smallest absolute Gasteiger partial charge is 0.258 e. The highest BCUT2D eigenvalue weighted by molar-refractivity contribution is 9.10. The average Bonchev–Trinajstić information content (AvgIpc) is 3.50. The van der Waals surface area contributed by atoms with Crippen LogP contribution in [0.25, 0.3) is 0 Å². The minimum absolute atomic E-state index is 0.0181. The van der Waals surface area contributed by atoms with Crippen molar-refractivity contribution in [2.45, 2.75) is 30.4 Å². The van der Waals surface area contributed by atoms with Crippen LogP contribution in [0, 0.1) is 0 Å². The Morgan fingerprint density at radius 1 is 1.02 bits per heavy atom. The van der Waals surface area contributed by atoms with Gasteiger partial charge >= 0.3 is 0 Å². The van der Waals surface area contributed by atoms with Crippen molar-refractivity contribution in [3.63, 3.8) is 0 Å². The summed E-state index contributed by atoms with van der Waals surface area (Å²) in [6, 6.07) is 22.1. The summed E-state index contributed by atoms with van der Waals surface area (Å²) in [6.45, 7) is 0.691. The lowest BCUT2D eigenvalue weighted by atomic mass is 10.2. The third-order valence-electron chi connectivity index (χ3n) is 6.18. The average molecular weight is 644 g/mol. The first-order valence-electron chi connectivity index (χ1n) is 13.0. The van der Waals surface area contributed by atoms with Crippen LogP contribution in [-0.4, -0.2) is 63.2 Å². The second-order valence-electron chi connectivity index (χ2n) is 9.30. The predicted octanol–water partition coefficient (Wildman–Crippen LogP) is 3.46. The Hall–Kier alpha value is -3.58. The molecule has 1 atom stereocenters. The number of halogens is 1. The lowest BCUT2D eigenvalue weighted by Gasteiger charge is -2.21. The maximum absolute atomic E-state index is 13.4. The van der Waals surface area contributed by atoms with E-state index in [0.717, 1.165) is 33.8 Å². The summed E-state index contributed by atoms with van der Waals surface area (Å²) in [6.07, 6.45) is 3.46. The number of benzene rings is 3. The maximum Gasteiger partial charge on any atom is 0.258 e. The van der Waals surface area contributed by atoms with E-state index in [-0.39, 0.29) is 30.1 Å². The molecule has 216 valence electrons. The van der Waals surface area contributed by atoms with Gasteiger partial charge in [-0.1, -0.05) is 46.3 Å². The zero-order valence-corrected chi connectivity index (χ0v) is 24.6. The van der Waals surface area contributed by atoms with Gasteiger partial charge in [-0.3, -0.25) is 9.59 Å². The summed E-state index contributed by atoms with van der Waals surface area (Å²) in [4.78, 5) is 24.8. The Labute approximate surface area is 247 Å². The minimum Gasteiger partial charge on any atom is -0.484 e. The van der Waals surface area contributed by atoms with Crippen LogP contribution in [0.5, 0.6) is 5.75 Å². The third kappa shape index (κ3) is 9.49. The Bertz CT molecular complexity index is 1430. The molecule has 0 aromatic heterocycles. The normalized spacial score (nSPS) is 15.2. The van der Waals surface area contributed by atoms with Crippen molar-refractivity contribution in [3.8, 4) is 5.75 Å². The number of nitrogens with zero attached hydrogens (tertiary/aromatic N) is 2. The minimum atomic E-state index is -3.96. The molecule has 41 heavy (non-hydrogen) atoms. The Morgan fingerprint density at radius 3 is 2.44 bits per heavy atom. The Balaban J connectivity index is 1.29. The molecule has 0 saturated carbocycles.